The molecule has 10 nitrogen and oxygen atoms in total. The average Bonchev–Trinajstić information content (AvgIpc) is 3.11. The van der Waals surface area contributed by atoms with Gasteiger partial charge in [0.25, 0.3) is 5.69 Å². The molecule has 0 radical (unpaired) electrons. The van der Waals surface area contributed by atoms with Crippen LogP contribution in [-0.2, 0) is 9.84 Å². The minimum Gasteiger partial charge on any atom is -0.334 e. The molecule has 146 valence electrons. The van der Waals surface area contributed by atoms with Crippen LogP contribution in [0, 0.1) is 10.1 Å². The molecule has 0 aliphatic heterocycles. The molecule has 0 saturated carbocycles. The SMILES string of the molecule is CS(=O)(=O)c1nc(Nc2cccc([N+](=O)[O-])c2)nc2nc(-c3ccccc3)[nH]c12. The highest BCUT2D eigenvalue weighted by Crippen LogP contribution is 2.26. The summed E-state index contributed by atoms with van der Waals surface area (Å²) < 4.78 is 24.6. The monoisotopic (exact) mass is 410 g/mol. The molecule has 29 heavy (non-hydrogen) atoms. The number of nitro benzene ring substituents is 1. The topological polar surface area (TPSA) is 144 Å². The summed E-state index contributed by atoms with van der Waals surface area (Å²) in [7, 11) is -3.71. The number of anilines is 2. The van der Waals surface area contributed by atoms with Gasteiger partial charge in [0.15, 0.2) is 20.5 Å². The first kappa shape index (κ1) is 18.5. The predicted octanol–water partition coefficient (Wildman–Crippen LogP) is 3.08. The van der Waals surface area contributed by atoms with Crippen LogP contribution in [0.2, 0.25) is 0 Å². The lowest BCUT2D eigenvalue weighted by molar-refractivity contribution is -0.384. The number of non-ortho nitro benzene ring substituents is 1. The first-order valence-electron chi connectivity index (χ1n) is 8.36. The predicted molar refractivity (Wildman–Crippen MR) is 107 cm³/mol. The third-order valence-electron chi connectivity index (χ3n) is 4.03. The Morgan fingerprint density at radius 1 is 1.03 bits per heavy atom. The minimum atomic E-state index is -3.71. The maximum atomic E-state index is 12.3. The smallest absolute Gasteiger partial charge is 0.271 e. The Labute approximate surface area is 164 Å². The Morgan fingerprint density at radius 3 is 2.48 bits per heavy atom. The Bertz CT molecular complexity index is 1340. The van der Waals surface area contributed by atoms with Crippen LogP contribution >= 0.6 is 0 Å². The summed E-state index contributed by atoms with van der Waals surface area (Å²) in [6, 6.07) is 14.9. The van der Waals surface area contributed by atoms with Crippen LogP contribution in [0.1, 0.15) is 0 Å². The molecular formula is C18H14N6O4S. The maximum absolute atomic E-state index is 12.3. The molecular weight excluding hydrogens is 396 g/mol. The molecule has 0 saturated heterocycles. The first-order chi connectivity index (χ1) is 13.8. The van der Waals surface area contributed by atoms with Gasteiger partial charge in [0, 0.05) is 29.6 Å². The zero-order valence-corrected chi connectivity index (χ0v) is 15.8. The molecule has 0 aliphatic carbocycles. The third kappa shape index (κ3) is 3.75. The molecule has 4 aromatic rings. The molecule has 2 heterocycles. The van der Waals surface area contributed by atoms with Crippen molar-refractivity contribution in [2.45, 2.75) is 5.03 Å². The summed E-state index contributed by atoms with van der Waals surface area (Å²) >= 11 is 0. The summed E-state index contributed by atoms with van der Waals surface area (Å²) in [6.45, 7) is 0. The quantitative estimate of drug-likeness (QED) is 0.290. The zero-order valence-electron chi connectivity index (χ0n) is 15.0. The number of aromatic nitrogens is 4. The second kappa shape index (κ2) is 6.95. The van der Waals surface area contributed by atoms with E-state index in [-0.39, 0.29) is 27.8 Å². The van der Waals surface area contributed by atoms with Gasteiger partial charge in [-0.05, 0) is 6.07 Å². The standard InChI is InChI=1S/C18H14N6O4S/c1-29(27,28)17-14-16(21-15(20-14)11-6-3-2-4-7-11)22-18(23-17)19-12-8-5-9-13(10-12)24(25)26/h2-10H,1H3,(H2,19,20,21,22,23). The van der Waals surface area contributed by atoms with Gasteiger partial charge in [-0.1, -0.05) is 36.4 Å². The maximum Gasteiger partial charge on any atom is 0.271 e. The second-order valence-corrected chi connectivity index (χ2v) is 8.14. The van der Waals surface area contributed by atoms with Gasteiger partial charge in [-0.15, -0.1) is 0 Å². The Balaban J connectivity index is 1.83. The third-order valence-corrected chi connectivity index (χ3v) is 5.03. The largest absolute Gasteiger partial charge is 0.334 e. The summed E-state index contributed by atoms with van der Waals surface area (Å²) in [6.07, 6.45) is 1.04. The number of imidazole rings is 1. The van der Waals surface area contributed by atoms with E-state index in [1.807, 2.05) is 30.3 Å². The van der Waals surface area contributed by atoms with Gasteiger partial charge in [0.2, 0.25) is 5.95 Å². The lowest BCUT2D eigenvalue weighted by Gasteiger charge is -2.06. The molecule has 0 atom stereocenters. The van der Waals surface area contributed by atoms with E-state index in [9.17, 15) is 18.5 Å². The van der Waals surface area contributed by atoms with Crippen molar-refractivity contribution in [1.29, 1.82) is 0 Å². The minimum absolute atomic E-state index is 0.0375. The van der Waals surface area contributed by atoms with E-state index in [2.05, 4.69) is 25.3 Å². The van der Waals surface area contributed by atoms with Gasteiger partial charge >= 0.3 is 0 Å². The number of nitrogens with one attached hydrogen (secondary N) is 2. The molecule has 4 rings (SSSR count). The molecule has 0 aliphatic rings. The molecule has 2 aromatic carbocycles. The summed E-state index contributed by atoms with van der Waals surface area (Å²) in [5.74, 6) is 0.414. The summed E-state index contributed by atoms with van der Waals surface area (Å²) in [4.78, 5) is 26.1. The fourth-order valence-corrected chi connectivity index (χ4v) is 3.52. The molecule has 0 spiro atoms. The van der Waals surface area contributed by atoms with Crippen LogP contribution < -0.4 is 5.32 Å². The van der Waals surface area contributed by atoms with Gasteiger partial charge in [0.05, 0.1) is 4.92 Å². The number of hydrogen-bond acceptors (Lipinski definition) is 8. The molecule has 2 N–H and O–H groups in total. The number of aromatic amines is 1. The molecule has 0 unspecified atom stereocenters. The number of rotatable bonds is 5. The molecule has 2 aromatic heterocycles. The van der Waals surface area contributed by atoms with Crippen molar-refractivity contribution < 1.29 is 13.3 Å². The normalized spacial score (nSPS) is 11.5. The number of benzene rings is 2. The molecule has 0 fully saturated rings. The van der Waals surface area contributed by atoms with E-state index in [0.717, 1.165) is 11.8 Å². The fourth-order valence-electron chi connectivity index (χ4n) is 2.75. The zero-order chi connectivity index (χ0) is 20.6. The van der Waals surface area contributed by atoms with Gasteiger partial charge in [-0.3, -0.25) is 10.1 Å². The highest BCUT2D eigenvalue weighted by Gasteiger charge is 2.21. The number of H-pyrrole nitrogens is 1. The van der Waals surface area contributed by atoms with Crippen molar-refractivity contribution >= 4 is 38.3 Å². The molecule has 0 amide bonds. The summed E-state index contributed by atoms with van der Waals surface area (Å²) in [5.41, 5.74) is 1.34. The second-order valence-electron chi connectivity index (χ2n) is 6.21. The number of nitro groups is 1. The Morgan fingerprint density at radius 2 is 1.79 bits per heavy atom. The van der Waals surface area contributed by atoms with Gasteiger partial charge in [-0.25, -0.2) is 13.4 Å². The van der Waals surface area contributed by atoms with Crippen LogP contribution in [0.25, 0.3) is 22.6 Å². The highest BCUT2D eigenvalue weighted by atomic mass is 32.2. The van der Waals surface area contributed by atoms with Crippen LogP contribution in [0.5, 0.6) is 0 Å². The van der Waals surface area contributed by atoms with Crippen molar-refractivity contribution in [3.63, 3.8) is 0 Å². The van der Waals surface area contributed by atoms with Crippen LogP contribution in [0.3, 0.4) is 0 Å². The van der Waals surface area contributed by atoms with Crippen molar-refractivity contribution in [1.82, 2.24) is 19.9 Å². The van der Waals surface area contributed by atoms with Crippen molar-refractivity contribution in [2.75, 3.05) is 11.6 Å². The average molecular weight is 410 g/mol. The fraction of sp³-hybridized carbons (Fsp3) is 0.0556. The van der Waals surface area contributed by atoms with E-state index < -0.39 is 14.8 Å². The molecule has 11 heteroatoms. The van der Waals surface area contributed by atoms with E-state index >= 15 is 0 Å². The van der Waals surface area contributed by atoms with Crippen molar-refractivity contribution in [3.8, 4) is 11.4 Å². The van der Waals surface area contributed by atoms with E-state index in [4.69, 9.17) is 0 Å². The lowest BCUT2D eigenvalue weighted by Crippen LogP contribution is -2.06. The first-order valence-corrected chi connectivity index (χ1v) is 10.2. The van der Waals surface area contributed by atoms with Crippen LogP contribution in [-0.4, -0.2) is 39.5 Å². The number of hydrogen-bond donors (Lipinski definition) is 2. The van der Waals surface area contributed by atoms with Gasteiger partial charge in [-0.2, -0.15) is 9.97 Å². The van der Waals surface area contributed by atoms with Crippen LogP contribution in [0.15, 0.2) is 59.6 Å². The Kier molecular flexibility index (Phi) is 4.43. The molecule has 0 bridgehead atoms. The number of sulfone groups is 1. The van der Waals surface area contributed by atoms with E-state index in [1.54, 1.807) is 6.07 Å². The van der Waals surface area contributed by atoms with Gasteiger partial charge in [0.1, 0.15) is 11.3 Å². The lowest BCUT2D eigenvalue weighted by atomic mass is 10.2. The van der Waals surface area contributed by atoms with Gasteiger partial charge < -0.3 is 10.3 Å². The number of nitrogens with zero attached hydrogens (tertiary/aromatic N) is 4. The van der Waals surface area contributed by atoms with Crippen LogP contribution in [0.4, 0.5) is 17.3 Å². The summed E-state index contributed by atoms with van der Waals surface area (Å²) in [5, 5.41) is 13.5. The highest BCUT2D eigenvalue weighted by molar-refractivity contribution is 7.90. The van der Waals surface area contributed by atoms with E-state index in [0.29, 0.717) is 11.5 Å². The van der Waals surface area contributed by atoms with E-state index in [1.165, 1.54) is 18.2 Å². The van der Waals surface area contributed by atoms with Crippen molar-refractivity contribution in [2.24, 2.45) is 0 Å². The number of fused-ring (bicyclic) bond motifs is 1. The Hall–Kier alpha value is -3.86. The van der Waals surface area contributed by atoms with Crippen molar-refractivity contribution in [3.05, 3.63) is 64.7 Å².